The maximum Gasteiger partial charge on any atom is 0.265 e. The quantitative estimate of drug-likeness (QED) is 0.321. The van der Waals surface area contributed by atoms with Crippen LogP contribution in [0.4, 0.5) is 0 Å². The zero-order valence-electron chi connectivity index (χ0n) is 7.91. The van der Waals surface area contributed by atoms with E-state index in [1.807, 2.05) is 0 Å². The number of hydrogen-bond donors (Lipinski definition) is 5. The molecule has 0 aromatic carbocycles. The zero-order chi connectivity index (χ0) is 12.5. The molecule has 6 atom stereocenters. The van der Waals surface area contributed by atoms with Crippen LogP contribution in [0.25, 0.3) is 0 Å². The van der Waals surface area contributed by atoms with Crippen molar-refractivity contribution in [3.8, 4) is 0 Å². The molecule has 0 amide bonds. The van der Waals surface area contributed by atoms with Gasteiger partial charge in [0.25, 0.3) is 7.82 Å². The van der Waals surface area contributed by atoms with Crippen LogP contribution in [0.1, 0.15) is 0 Å². The zero-order valence-corrected chi connectivity index (χ0v) is 8.80. The van der Waals surface area contributed by atoms with E-state index in [1.54, 1.807) is 0 Å². The number of ether oxygens (including phenoxy) is 1. The van der Waals surface area contributed by atoms with Gasteiger partial charge < -0.3 is 39.5 Å². The first-order valence-electron chi connectivity index (χ1n) is 4.28. The molecule has 9 nitrogen and oxygen atoms in total. The first-order chi connectivity index (χ1) is 7.22. The molecule has 1 rings (SSSR count). The highest BCUT2D eigenvalue weighted by Crippen LogP contribution is 2.32. The summed E-state index contributed by atoms with van der Waals surface area (Å²) < 4.78 is 18.8. The van der Waals surface area contributed by atoms with Crippen LogP contribution in [0.3, 0.4) is 0 Å². The minimum absolute atomic E-state index is 0.792. The van der Waals surface area contributed by atoms with Crippen molar-refractivity contribution in [2.45, 2.75) is 30.7 Å². The van der Waals surface area contributed by atoms with Crippen LogP contribution in [-0.2, 0) is 13.8 Å². The second-order valence-electron chi connectivity index (χ2n) is 3.30. The molecule has 1 aliphatic heterocycles. The number of aliphatic hydroxyl groups excluding tert-OH is 4. The van der Waals surface area contributed by atoms with Gasteiger partial charge in [-0.1, -0.05) is 0 Å². The summed E-state index contributed by atoms with van der Waals surface area (Å²) in [7, 11) is -4.98. The predicted octanol–water partition coefficient (Wildman–Crippen LogP) is -3.74. The van der Waals surface area contributed by atoms with E-state index in [1.165, 1.54) is 0 Å². The fraction of sp³-hybridized carbons (Fsp3) is 1.00. The first kappa shape index (κ1) is 14.0. The molecule has 10 heteroatoms. The van der Waals surface area contributed by atoms with Crippen molar-refractivity contribution in [3.63, 3.8) is 0 Å². The third-order valence-corrected chi connectivity index (χ3v) is 2.56. The number of hydrogen-bond acceptors (Lipinski definition) is 8. The fourth-order valence-electron chi connectivity index (χ4n) is 1.24. The molecule has 1 saturated heterocycles. The SMILES string of the molecule is O=P([O-])(O)OC[C@H]1O[C@H](O)[C@@H](O)[C@@H](O)[C@@H]1O. The lowest BCUT2D eigenvalue weighted by Gasteiger charge is -2.38. The Morgan fingerprint density at radius 2 is 1.75 bits per heavy atom. The highest BCUT2D eigenvalue weighted by Gasteiger charge is 2.43. The summed E-state index contributed by atoms with van der Waals surface area (Å²) in [6, 6.07) is 0. The summed E-state index contributed by atoms with van der Waals surface area (Å²) in [4.78, 5) is 18.5. The lowest BCUT2D eigenvalue weighted by molar-refractivity contribution is -0.289. The van der Waals surface area contributed by atoms with E-state index >= 15 is 0 Å². The average Bonchev–Trinajstić information content (AvgIpc) is 2.17. The van der Waals surface area contributed by atoms with E-state index in [9.17, 15) is 19.7 Å². The molecule has 1 heterocycles. The summed E-state index contributed by atoms with van der Waals surface area (Å²) in [5.41, 5.74) is 0. The number of phosphoric acid groups is 1. The molecule has 0 saturated carbocycles. The van der Waals surface area contributed by atoms with Crippen molar-refractivity contribution < 1.29 is 44.0 Å². The maximum atomic E-state index is 10.3. The second-order valence-corrected chi connectivity index (χ2v) is 4.50. The molecule has 16 heavy (non-hydrogen) atoms. The van der Waals surface area contributed by atoms with Crippen molar-refractivity contribution in [3.05, 3.63) is 0 Å². The van der Waals surface area contributed by atoms with Crippen molar-refractivity contribution in [1.82, 2.24) is 0 Å². The Balaban J connectivity index is 2.57. The van der Waals surface area contributed by atoms with Gasteiger partial charge in [-0.3, -0.25) is 4.57 Å². The lowest BCUT2D eigenvalue weighted by atomic mass is 10.00. The van der Waals surface area contributed by atoms with E-state index in [4.69, 9.17) is 15.1 Å². The van der Waals surface area contributed by atoms with Crippen molar-refractivity contribution in [2.75, 3.05) is 6.61 Å². The normalized spacial score (nSPS) is 44.0. The third-order valence-electron chi connectivity index (χ3n) is 2.09. The molecule has 5 N–H and O–H groups in total. The van der Waals surface area contributed by atoms with Crippen LogP contribution in [0.15, 0.2) is 0 Å². The van der Waals surface area contributed by atoms with Gasteiger partial charge >= 0.3 is 0 Å². The van der Waals surface area contributed by atoms with E-state index in [-0.39, 0.29) is 0 Å². The molecular weight excluding hydrogens is 247 g/mol. The Morgan fingerprint density at radius 3 is 2.25 bits per heavy atom. The van der Waals surface area contributed by atoms with Crippen LogP contribution < -0.4 is 4.89 Å². The molecule has 0 aromatic rings. The van der Waals surface area contributed by atoms with E-state index in [0.717, 1.165) is 0 Å². The highest BCUT2D eigenvalue weighted by molar-refractivity contribution is 7.44. The summed E-state index contributed by atoms with van der Waals surface area (Å²) in [6.07, 6.45) is -8.23. The van der Waals surface area contributed by atoms with Crippen LogP contribution in [0.5, 0.6) is 0 Å². The molecule has 0 spiro atoms. The van der Waals surface area contributed by atoms with E-state index in [0.29, 0.717) is 0 Å². The Kier molecular flexibility index (Phi) is 4.41. The number of rotatable bonds is 3. The number of phosphoric ester groups is 1. The smallest absolute Gasteiger partial charge is 0.265 e. The lowest BCUT2D eigenvalue weighted by Crippen LogP contribution is -2.58. The fourth-order valence-corrected chi connectivity index (χ4v) is 1.57. The van der Waals surface area contributed by atoms with Gasteiger partial charge in [0, 0.05) is 0 Å². The van der Waals surface area contributed by atoms with Crippen molar-refractivity contribution in [1.29, 1.82) is 0 Å². The molecule has 0 radical (unpaired) electrons. The van der Waals surface area contributed by atoms with Gasteiger partial charge in [0.15, 0.2) is 6.29 Å². The second kappa shape index (κ2) is 5.05. The van der Waals surface area contributed by atoms with Gasteiger partial charge in [-0.25, -0.2) is 0 Å². The van der Waals surface area contributed by atoms with Gasteiger partial charge in [0.2, 0.25) is 0 Å². The van der Waals surface area contributed by atoms with Gasteiger partial charge in [-0.05, 0) is 0 Å². The monoisotopic (exact) mass is 259 g/mol. The van der Waals surface area contributed by atoms with Gasteiger partial charge in [-0.2, -0.15) is 0 Å². The van der Waals surface area contributed by atoms with Gasteiger partial charge in [-0.15, -0.1) is 0 Å². The first-order valence-corrected chi connectivity index (χ1v) is 5.78. The summed E-state index contributed by atoms with van der Waals surface area (Å²) in [6.45, 7) is -0.792. The standard InChI is InChI=1S/C6H13O9P/c7-3-2(1-14-16(11,12)13)15-6(10)5(9)4(3)8/h2-10H,1H2,(H2,11,12,13)/p-1/t2-,3-,4+,5+,6+/m1/s1. The van der Waals surface area contributed by atoms with Crippen molar-refractivity contribution >= 4 is 7.82 Å². The molecule has 0 aromatic heterocycles. The Hall–Kier alpha value is -0.0900. The number of aliphatic hydroxyl groups is 4. The molecule has 0 bridgehead atoms. The third kappa shape index (κ3) is 3.45. The van der Waals surface area contributed by atoms with Crippen LogP contribution >= 0.6 is 7.82 Å². The Labute approximate surface area is 90.1 Å². The maximum absolute atomic E-state index is 10.3. The molecular formula is C6H12O9P-. The Morgan fingerprint density at radius 1 is 1.19 bits per heavy atom. The highest BCUT2D eigenvalue weighted by atomic mass is 31.2. The van der Waals surface area contributed by atoms with Crippen molar-refractivity contribution in [2.24, 2.45) is 0 Å². The molecule has 0 aliphatic carbocycles. The van der Waals surface area contributed by atoms with Crippen LogP contribution in [0.2, 0.25) is 0 Å². The van der Waals surface area contributed by atoms with E-state index < -0.39 is 45.1 Å². The molecule has 96 valence electrons. The largest absolute Gasteiger partial charge is 0.756 e. The van der Waals surface area contributed by atoms with E-state index in [2.05, 4.69) is 9.26 Å². The molecule has 1 unspecified atom stereocenters. The summed E-state index contributed by atoms with van der Waals surface area (Å²) in [5, 5.41) is 36.7. The topological polar surface area (TPSA) is 160 Å². The average molecular weight is 259 g/mol. The minimum atomic E-state index is -4.98. The Bertz CT molecular complexity index is 277. The summed E-state index contributed by atoms with van der Waals surface area (Å²) in [5.74, 6) is 0. The van der Waals surface area contributed by atoms with Gasteiger partial charge in [0.1, 0.15) is 24.4 Å². The van der Waals surface area contributed by atoms with Gasteiger partial charge in [0.05, 0.1) is 6.61 Å². The molecule has 1 fully saturated rings. The predicted molar refractivity (Wildman–Crippen MR) is 44.7 cm³/mol. The minimum Gasteiger partial charge on any atom is -0.756 e. The van der Waals surface area contributed by atoms with Crippen LogP contribution in [-0.4, -0.2) is 62.6 Å². The molecule has 1 aliphatic rings. The summed E-state index contributed by atoms with van der Waals surface area (Å²) >= 11 is 0. The van der Waals surface area contributed by atoms with Crippen LogP contribution in [0, 0.1) is 0 Å².